The number of hydrogen-bond donors (Lipinski definition) is 2. The van der Waals surface area contributed by atoms with E-state index in [1.807, 2.05) is 77.4 Å². The lowest BCUT2D eigenvalue weighted by molar-refractivity contribution is -0.121. The zero-order valence-electron chi connectivity index (χ0n) is 19.8. The van der Waals surface area contributed by atoms with Gasteiger partial charge in [-0.1, -0.05) is 60.7 Å². The molecule has 0 aliphatic heterocycles. The first-order valence-electron chi connectivity index (χ1n) is 11.7. The molecule has 5 aromatic rings. The molecule has 8 nitrogen and oxygen atoms in total. The molecule has 0 saturated heterocycles. The van der Waals surface area contributed by atoms with E-state index in [9.17, 15) is 4.79 Å². The lowest BCUT2D eigenvalue weighted by atomic mass is 10.1. The van der Waals surface area contributed by atoms with Gasteiger partial charge in [-0.25, -0.2) is 9.97 Å². The fourth-order valence-corrected chi connectivity index (χ4v) is 3.88. The van der Waals surface area contributed by atoms with Crippen LogP contribution in [0.25, 0.3) is 16.9 Å². The largest absolute Gasteiger partial charge is 0.367 e. The first-order valence-corrected chi connectivity index (χ1v) is 11.7. The van der Waals surface area contributed by atoms with Gasteiger partial charge in [-0.05, 0) is 42.3 Å². The van der Waals surface area contributed by atoms with Crippen molar-refractivity contribution in [3.05, 3.63) is 109 Å². The summed E-state index contributed by atoms with van der Waals surface area (Å²) < 4.78 is 7.41. The third-order valence-corrected chi connectivity index (χ3v) is 5.71. The Hall–Kier alpha value is -4.56. The maximum Gasteiger partial charge on any atom is 0.250 e. The maximum absolute atomic E-state index is 12.3. The Morgan fingerprint density at radius 2 is 1.75 bits per heavy atom. The summed E-state index contributed by atoms with van der Waals surface area (Å²) in [7, 11) is 0. The normalized spacial score (nSPS) is 11.8. The predicted octanol–water partition coefficient (Wildman–Crippen LogP) is 5.14. The number of carbonyl (C=O) groups is 1. The second-order valence-corrected chi connectivity index (χ2v) is 8.36. The summed E-state index contributed by atoms with van der Waals surface area (Å²) >= 11 is 0. The van der Waals surface area contributed by atoms with E-state index >= 15 is 0 Å². The molecule has 8 heteroatoms. The first kappa shape index (κ1) is 23.2. The Labute approximate surface area is 209 Å². The highest BCUT2D eigenvalue weighted by Gasteiger charge is 2.11. The van der Waals surface area contributed by atoms with Gasteiger partial charge in [0.2, 0.25) is 11.9 Å². The minimum atomic E-state index is -0.219. The Bertz CT molecular complexity index is 1450. The van der Waals surface area contributed by atoms with Crippen LogP contribution in [0.3, 0.4) is 0 Å². The number of fused-ring (bicyclic) bond motifs is 1. The lowest BCUT2D eigenvalue weighted by Gasteiger charge is -2.14. The van der Waals surface area contributed by atoms with Crippen LogP contribution in [0.1, 0.15) is 24.1 Å². The Morgan fingerprint density at radius 3 is 2.56 bits per heavy atom. The molecule has 0 spiro atoms. The SMILES string of the molecule is C[C@H](Nc1nccc(-n2cnc3cc(NC(=O)COCc4ccccc4)ccc32)n1)c1ccccc1. The van der Waals surface area contributed by atoms with Gasteiger partial charge in [0, 0.05) is 11.9 Å². The number of anilines is 2. The van der Waals surface area contributed by atoms with Crippen molar-refractivity contribution in [2.75, 3.05) is 17.2 Å². The lowest BCUT2D eigenvalue weighted by Crippen LogP contribution is -2.18. The Morgan fingerprint density at radius 1 is 0.972 bits per heavy atom. The van der Waals surface area contributed by atoms with Crippen molar-refractivity contribution in [1.82, 2.24) is 19.5 Å². The van der Waals surface area contributed by atoms with E-state index in [4.69, 9.17) is 4.74 Å². The van der Waals surface area contributed by atoms with Gasteiger partial charge in [0.05, 0.1) is 23.7 Å². The van der Waals surface area contributed by atoms with Crippen molar-refractivity contribution in [3.63, 3.8) is 0 Å². The molecule has 0 aliphatic carbocycles. The summed E-state index contributed by atoms with van der Waals surface area (Å²) in [5.41, 5.74) is 4.44. The van der Waals surface area contributed by atoms with Gasteiger partial charge >= 0.3 is 0 Å². The van der Waals surface area contributed by atoms with Crippen LogP contribution in [0.5, 0.6) is 0 Å². The third kappa shape index (κ3) is 5.56. The number of hydrogen-bond acceptors (Lipinski definition) is 6. The Balaban J connectivity index is 1.24. The van der Waals surface area contributed by atoms with Crippen molar-refractivity contribution in [1.29, 1.82) is 0 Å². The summed E-state index contributed by atoms with van der Waals surface area (Å²) in [5, 5.41) is 6.22. The molecule has 2 N–H and O–H groups in total. The van der Waals surface area contributed by atoms with Gasteiger partial charge in [0.1, 0.15) is 18.8 Å². The molecule has 180 valence electrons. The van der Waals surface area contributed by atoms with Crippen molar-refractivity contribution in [3.8, 4) is 5.82 Å². The average molecular weight is 479 g/mol. The molecule has 36 heavy (non-hydrogen) atoms. The molecule has 0 unspecified atom stereocenters. The molecule has 5 rings (SSSR count). The van der Waals surface area contributed by atoms with Gasteiger partial charge in [-0.3, -0.25) is 9.36 Å². The van der Waals surface area contributed by atoms with E-state index in [1.165, 1.54) is 0 Å². The van der Waals surface area contributed by atoms with Gasteiger partial charge in [-0.2, -0.15) is 4.98 Å². The number of imidazole rings is 1. The zero-order chi connectivity index (χ0) is 24.7. The fraction of sp³-hybridized carbons (Fsp3) is 0.143. The summed E-state index contributed by atoms with van der Waals surface area (Å²) in [6.45, 7) is 2.43. The second kappa shape index (κ2) is 10.8. The predicted molar refractivity (Wildman–Crippen MR) is 140 cm³/mol. The number of rotatable bonds is 9. The standard InChI is InChI=1S/C28H26N6O2/c1-20(22-10-6-3-7-11-22)31-28-29-15-14-26(33-28)34-19-30-24-16-23(12-13-25(24)34)32-27(35)18-36-17-21-8-4-2-5-9-21/h2-16,19-20H,17-18H2,1H3,(H,32,35)(H,29,31,33)/t20-/m0/s1. The van der Waals surface area contributed by atoms with Crippen LogP contribution in [-0.4, -0.2) is 32.0 Å². The number of amides is 1. The van der Waals surface area contributed by atoms with E-state index in [0.29, 0.717) is 24.1 Å². The quantitative estimate of drug-likeness (QED) is 0.305. The van der Waals surface area contributed by atoms with E-state index in [2.05, 4.69) is 44.6 Å². The van der Waals surface area contributed by atoms with Crippen molar-refractivity contribution in [2.45, 2.75) is 19.6 Å². The number of nitrogens with one attached hydrogen (secondary N) is 2. The van der Waals surface area contributed by atoms with Crippen molar-refractivity contribution < 1.29 is 9.53 Å². The first-order chi connectivity index (χ1) is 17.7. The fourth-order valence-electron chi connectivity index (χ4n) is 3.88. The topological polar surface area (TPSA) is 94.0 Å². The molecule has 0 saturated carbocycles. The van der Waals surface area contributed by atoms with Gasteiger partial charge in [-0.15, -0.1) is 0 Å². The molecular formula is C28H26N6O2. The summed E-state index contributed by atoms with van der Waals surface area (Å²) in [5.74, 6) is 1.01. The number of benzene rings is 3. The van der Waals surface area contributed by atoms with Crippen LogP contribution in [0.15, 0.2) is 97.5 Å². The van der Waals surface area contributed by atoms with Crippen LogP contribution in [0.2, 0.25) is 0 Å². The maximum atomic E-state index is 12.3. The molecular weight excluding hydrogens is 452 g/mol. The third-order valence-electron chi connectivity index (χ3n) is 5.71. The number of aromatic nitrogens is 4. The van der Waals surface area contributed by atoms with Crippen LogP contribution in [-0.2, 0) is 16.1 Å². The van der Waals surface area contributed by atoms with Gasteiger partial charge < -0.3 is 15.4 Å². The molecule has 0 bridgehead atoms. The molecule has 2 aromatic heterocycles. The minimum absolute atomic E-state index is 0.0283. The van der Waals surface area contributed by atoms with Crippen molar-refractivity contribution in [2.24, 2.45) is 0 Å². The summed E-state index contributed by atoms with van der Waals surface area (Å²) in [6, 6.07) is 27.4. The number of carbonyl (C=O) groups excluding carboxylic acids is 1. The van der Waals surface area contributed by atoms with E-state index < -0.39 is 0 Å². The number of ether oxygens (including phenoxy) is 1. The molecule has 1 atom stereocenters. The average Bonchev–Trinajstić information content (AvgIpc) is 3.33. The summed E-state index contributed by atoms with van der Waals surface area (Å²) in [4.78, 5) is 25.9. The van der Waals surface area contributed by atoms with Crippen LogP contribution in [0, 0.1) is 0 Å². The monoisotopic (exact) mass is 478 g/mol. The molecule has 0 radical (unpaired) electrons. The van der Waals surface area contributed by atoms with E-state index in [0.717, 1.165) is 22.2 Å². The Kier molecular flexibility index (Phi) is 6.95. The highest BCUT2D eigenvalue weighted by molar-refractivity contribution is 5.94. The highest BCUT2D eigenvalue weighted by atomic mass is 16.5. The van der Waals surface area contributed by atoms with Gasteiger partial charge in [0.25, 0.3) is 0 Å². The van der Waals surface area contributed by atoms with Crippen LogP contribution >= 0.6 is 0 Å². The zero-order valence-corrected chi connectivity index (χ0v) is 19.8. The smallest absolute Gasteiger partial charge is 0.250 e. The minimum Gasteiger partial charge on any atom is -0.367 e. The highest BCUT2D eigenvalue weighted by Crippen LogP contribution is 2.22. The molecule has 0 aliphatic rings. The molecule has 2 heterocycles. The van der Waals surface area contributed by atoms with Crippen molar-refractivity contribution >= 4 is 28.6 Å². The summed E-state index contributed by atoms with van der Waals surface area (Å²) in [6.07, 6.45) is 3.43. The molecule has 0 fully saturated rings. The van der Waals surface area contributed by atoms with E-state index in [-0.39, 0.29) is 18.6 Å². The molecule has 1 amide bonds. The number of nitrogens with zero attached hydrogens (tertiary/aromatic N) is 4. The van der Waals surface area contributed by atoms with Crippen LogP contribution < -0.4 is 10.6 Å². The second-order valence-electron chi connectivity index (χ2n) is 8.36. The molecule has 3 aromatic carbocycles. The van der Waals surface area contributed by atoms with Gasteiger partial charge in [0.15, 0.2) is 0 Å². The van der Waals surface area contributed by atoms with Crippen LogP contribution in [0.4, 0.5) is 11.6 Å². The van der Waals surface area contributed by atoms with E-state index in [1.54, 1.807) is 12.5 Å².